The lowest BCUT2D eigenvalue weighted by Crippen LogP contribution is -2.26. The third-order valence-electron chi connectivity index (χ3n) is 3.12. The van der Waals surface area contributed by atoms with E-state index in [1.165, 1.54) is 0 Å². The van der Waals surface area contributed by atoms with Crippen molar-refractivity contribution in [3.8, 4) is 5.75 Å². The molecule has 0 bridgehead atoms. The molecule has 0 heterocycles. The summed E-state index contributed by atoms with van der Waals surface area (Å²) in [5.41, 5.74) is 6.46. The summed E-state index contributed by atoms with van der Waals surface area (Å²) in [4.78, 5) is 13.7. The minimum atomic E-state index is 0.169. The number of unbranched alkanes of at least 4 members (excludes halogenated alkanes) is 2. The van der Waals surface area contributed by atoms with Crippen molar-refractivity contribution in [2.45, 2.75) is 32.2 Å². The van der Waals surface area contributed by atoms with Gasteiger partial charge in [-0.3, -0.25) is 4.79 Å². The van der Waals surface area contributed by atoms with Crippen LogP contribution in [0.25, 0.3) is 0 Å². The summed E-state index contributed by atoms with van der Waals surface area (Å²) < 4.78 is 5.29. The van der Waals surface area contributed by atoms with E-state index in [0.717, 1.165) is 30.6 Å². The average Bonchev–Trinajstić information content (AvgIpc) is 2.44. The van der Waals surface area contributed by atoms with Crippen LogP contribution < -0.4 is 10.5 Å². The maximum Gasteiger partial charge on any atom is 0.222 e. The second-order valence-electron chi connectivity index (χ2n) is 4.66. The quantitative estimate of drug-likeness (QED) is 0.732. The van der Waals surface area contributed by atoms with E-state index in [0.29, 0.717) is 19.5 Å². The summed E-state index contributed by atoms with van der Waals surface area (Å²) >= 11 is 0. The van der Waals surface area contributed by atoms with E-state index in [4.69, 9.17) is 10.5 Å². The highest BCUT2D eigenvalue weighted by Gasteiger charge is 2.11. The third-order valence-corrected chi connectivity index (χ3v) is 3.12. The zero-order valence-electron chi connectivity index (χ0n) is 11.9. The number of carbonyl (C=O) groups is 1. The van der Waals surface area contributed by atoms with Crippen LogP contribution in [0.5, 0.6) is 5.75 Å². The first-order valence-corrected chi connectivity index (χ1v) is 6.75. The van der Waals surface area contributed by atoms with E-state index in [1.54, 1.807) is 12.0 Å². The van der Waals surface area contributed by atoms with Gasteiger partial charge in [-0.25, -0.2) is 0 Å². The third kappa shape index (κ3) is 5.30. The summed E-state index contributed by atoms with van der Waals surface area (Å²) in [7, 11) is 3.48. The number of nitrogens with zero attached hydrogens (tertiary/aromatic N) is 1. The number of benzene rings is 1. The Morgan fingerprint density at radius 2 is 2.00 bits per heavy atom. The molecule has 0 aliphatic heterocycles. The van der Waals surface area contributed by atoms with Crippen LogP contribution >= 0.6 is 0 Å². The van der Waals surface area contributed by atoms with E-state index in [-0.39, 0.29) is 5.91 Å². The van der Waals surface area contributed by atoms with Crippen molar-refractivity contribution in [1.82, 2.24) is 4.90 Å². The molecular formula is C15H24N2O2. The Bertz CT molecular complexity index is 393. The van der Waals surface area contributed by atoms with Crippen LogP contribution in [0.3, 0.4) is 0 Å². The molecule has 2 N–H and O–H groups in total. The zero-order valence-corrected chi connectivity index (χ0v) is 11.9. The lowest BCUT2D eigenvalue weighted by atomic mass is 10.1. The molecule has 0 unspecified atom stereocenters. The fourth-order valence-electron chi connectivity index (χ4n) is 1.97. The summed E-state index contributed by atoms with van der Waals surface area (Å²) in [6.45, 7) is 1.28. The molecule has 19 heavy (non-hydrogen) atoms. The minimum Gasteiger partial charge on any atom is -0.496 e. The minimum absolute atomic E-state index is 0.169. The van der Waals surface area contributed by atoms with Crippen LogP contribution in [0.2, 0.25) is 0 Å². The molecule has 4 nitrogen and oxygen atoms in total. The number of hydrogen-bond acceptors (Lipinski definition) is 3. The van der Waals surface area contributed by atoms with Crippen LogP contribution in [0, 0.1) is 0 Å². The monoisotopic (exact) mass is 264 g/mol. The fraction of sp³-hybridized carbons (Fsp3) is 0.533. The van der Waals surface area contributed by atoms with Gasteiger partial charge >= 0.3 is 0 Å². The Morgan fingerprint density at radius 3 is 2.68 bits per heavy atom. The highest BCUT2D eigenvalue weighted by molar-refractivity contribution is 5.75. The average molecular weight is 264 g/mol. The molecule has 0 saturated carbocycles. The number of carbonyl (C=O) groups excluding carboxylic acids is 1. The standard InChI is InChI=1S/C15H24N2O2/c1-17(15(18)10-4-3-7-11-16)12-13-8-5-6-9-14(13)19-2/h5-6,8-9H,3-4,7,10-12,16H2,1-2H3. The number of para-hydroxylation sites is 1. The highest BCUT2D eigenvalue weighted by Crippen LogP contribution is 2.19. The predicted molar refractivity (Wildman–Crippen MR) is 77.0 cm³/mol. The molecule has 1 rings (SSSR count). The largest absolute Gasteiger partial charge is 0.496 e. The first kappa shape index (κ1) is 15.5. The van der Waals surface area contributed by atoms with Gasteiger partial charge in [0.15, 0.2) is 0 Å². The number of ether oxygens (including phenoxy) is 1. The smallest absolute Gasteiger partial charge is 0.222 e. The van der Waals surface area contributed by atoms with E-state index in [1.807, 2.05) is 31.3 Å². The van der Waals surface area contributed by atoms with Crippen molar-refractivity contribution < 1.29 is 9.53 Å². The number of nitrogens with two attached hydrogens (primary N) is 1. The molecule has 1 aromatic rings. The van der Waals surface area contributed by atoms with Crippen LogP contribution in [-0.4, -0.2) is 31.5 Å². The molecule has 0 atom stereocenters. The Kier molecular flexibility index (Phi) is 6.97. The lowest BCUT2D eigenvalue weighted by Gasteiger charge is -2.18. The Hall–Kier alpha value is -1.55. The molecule has 0 aliphatic carbocycles. The van der Waals surface area contributed by atoms with Gasteiger partial charge in [0, 0.05) is 25.6 Å². The van der Waals surface area contributed by atoms with E-state index < -0.39 is 0 Å². The van der Waals surface area contributed by atoms with Gasteiger partial charge in [0.05, 0.1) is 7.11 Å². The Balaban J connectivity index is 2.45. The molecule has 0 aliphatic rings. The van der Waals surface area contributed by atoms with Crippen molar-refractivity contribution in [2.24, 2.45) is 5.73 Å². The summed E-state index contributed by atoms with van der Waals surface area (Å²) in [5.74, 6) is 0.994. The van der Waals surface area contributed by atoms with Crippen molar-refractivity contribution in [3.63, 3.8) is 0 Å². The Labute approximate surface area is 115 Å². The Morgan fingerprint density at radius 1 is 1.26 bits per heavy atom. The number of amides is 1. The molecule has 1 amide bonds. The highest BCUT2D eigenvalue weighted by atomic mass is 16.5. The van der Waals surface area contributed by atoms with E-state index in [2.05, 4.69) is 0 Å². The zero-order chi connectivity index (χ0) is 14.1. The molecule has 0 saturated heterocycles. The van der Waals surface area contributed by atoms with Crippen molar-refractivity contribution in [2.75, 3.05) is 20.7 Å². The first-order chi connectivity index (χ1) is 9.19. The van der Waals surface area contributed by atoms with Gasteiger partial charge in [-0.15, -0.1) is 0 Å². The molecule has 0 spiro atoms. The second kappa shape index (κ2) is 8.53. The van der Waals surface area contributed by atoms with Gasteiger partial charge in [-0.2, -0.15) is 0 Å². The van der Waals surface area contributed by atoms with Crippen molar-refractivity contribution in [1.29, 1.82) is 0 Å². The SMILES string of the molecule is COc1ccccc1CN(C)C(=O)CCCCCN. The first-order valence-electron chi connectivity index (χ1n) is 6.75. The van der Waals surface area contributed by atoms with Crippen LogP contribution in [-0.2, 0) is 11.3 Å². The molecular weight excluding hydrogens is 240 g/mol. The van der Waals surface area contributed by atoms with Gasteiger partial charge in [0.25, 0.3) is 0 Å². The van der Waals surface area contributed by atoms with Gasteiger partial charge in [0.2, 0.25) is 5.91 Å². The van der Waals surface area contributed by atoms with Crippen LogP contribution in [0.4, 0.5) is 0 Å². The topological polar surface area (TPSA) is 55.6 Å². The van der Waals surface area contributed by atoms with Crippen LogP contribution in [0.1, 0.15) is 31.2 Å². The maximum atomic E-state index is 12.0. The van der Waals surface area contributed by atoms with Gasteiger partial charge in [-0.1, -0.05) is 24.6 Å². The number of rotatable bonds is 8. The summed E-state index contributed by atoms with van der Waals surface area (Å²) in [5, 5.41) is 0. The van der Waals surface area contributed by atoms with Gasteiger partial charge in [-0.05, 0) is 25.5 Å². The van der Waals surface area contributed by atoms with E-state index >= 15 is 0 Å². The molecule has 0 fully saturated rings. The van der Waals surface area contributed by atoms with Gasteiger partial charge in [0.1, 0.15) is 5.75 Å². The number of methoxy groups -OCH3 is 1. The lowest BCUT2D eigenvalue weighted by molar-refractivity contribution is -0.130. The molecule has 1 aromatic carbocycles. The molecule has 4 heteroatoms. The number of hydrogen-bond donors (Lipinski definition) is 1. The van der Waals surface area contributed by atoms with Crippen LogP contribution in [0.15, 0.2) is 24.3 Å². The maximum absolute atomic E-state index is 12.0. The van der Waals surface area contributed by atoms with E-state index in [9.17, 15) is 4.79 Å². The van der Waals surface area contributed by atoms with Gasteiger partial charge < -0.3 is 15.4 Å². The van der Waals surface area contributed by atoms with Crippen molar-refractivity contribution >= 4 is 5.91 Å². The fourth-order valence-corrected chi connectivity index (χ4v) is 1.97. The summed E-state index contributed by atoms with van der Waals surface area (Å²) in [6, 6.07) is 7.78. The normalized spacial score (nSPS) is 10.3. The molecule has 106 valence electrons. The molecule has 0 radical (unpaired) electrons. The molecule has 0 aromatic heterocycles. The van der Waals surface area contributed by atoms with Crippen molar-refractivity contribution in [3.05, 3.63) is 29.8 Å². The summed E-state index contributed by atoms with van der Waals surface area (Å²) in [6.07, 6.45) is 3.51. The predicted octanol–water partition coefficient (Wildman–Crippen LogP) is 2.17. The second-order valence-corrected chi connectivity index (χ2v) is 4.66.